The molecule has 1 amide bonds. The minimum Gasteiger partial charge on any atom is -0.497 e. The molecule has 122 valence electrons. The summed E-state index contributed by atoms with van der Waals surface area (Å²) in [7, 11) is 1.63. The molecule has 0 fully saturated rings. The standard InChI is InChI=1S/C18H20N2O2.ClH/c1-22-17-4-2-3-13(8-17)9-18(21)20-10-14-5-6-15-11-19-12-16(15)7-14;/h2-8,19H,9-12H2,1H3,(H,20,21);1H. The highest BCUT2D eigenvalue weighted by molar-refractivity contribution is 5.85. The molecule has 5 heteroatoms. The summed E-state index contributed by atoms with van der Waals surface area (Å²) < 4.78 is 5.17. The summed E-state index contributed by atoms with van der Waals surface area (Å²) in [5.74, 6) is 0.795. The number of carbonyl (C=O) groups is 1. The molecule has 0 bridgehead atoms. The molecule has 0 radical (unpaired) electrons. The number of methoxy groups -OCH3 is 1. The van der Waals surface area contributed by atoms with Crippen LogP contribution in [-0.4, -0.2) is 13.0 Å². The fourth-order valence-electron chi connectivity index (χ4n) is 2.69. The van der Waals surface area contributed by atoms with Gasteiger partial charge >= 0.3 is 0 Å². The van der Waals surface area contributed by atoms with Crippen LogP contribution in [0.15, 0.2) is 42.5 Å². The highest BCUT2D eigenvalue weighted by Crippen LogP contribution is 2.17. The second-order valence-corrected chi connectivity index (χ2v) is 5.51. The molecular formula is C18H21ClN2O2. The summed E-state index contributed by atoms with van der Waals surface area (Å²) in [6.07, 6.45) is 0.365. The van der Waals surface area contributed by atoms with Crippen LogP contribution in [0.4, 0.5) is 0 Å². The number of hydrogen-bond donors (Lipinski definition) is 2. The first-order chi connectivity index (χ1) is 10.7. The van der Waals surface area contributed by atoms with E-state index in [4.69, 9.17) is 4.74 Å². The fraction of sp³-hybridized carbons (Fsp3) is 0.278. The Morgan fingerprint density at radius 3 is 2.78 bits per heavy atom. The Balaban J connectivity index is 0.00000192. The Hall–Kier alpha value is -2.04. The van der Waals surface area contributed by atoms with Gasteiger partial charge in [0.1, 0.15) is 5.75 Å². The van der Waals surface area contributed by atoms with Gasteiger partial charge in [0, 0.05) is 19.6 Å². The van der Waals surface area contributed by atoms with Gasteiger partial charge in [-0.25, -0.2) is 0 Å². The van der Waals surface area contributed by atoms with E-state index in [1.807, 2.05) is 24.3 Å². The molecule has 0 unspecified atom stereocenters. The number of hydrogen-bond acceptors (Lipinski definition) is 3. The van der Waals surface area contributed by atoms with Gasteiger partial charge in [0.05, 0.1) is 13.5 Å². The number of nitrogens with one attached hydrogen (secondary N) is 2. The average Bonchev–Trinajstić information content (AvgIpc) is 3.00. The van der Waals surface area contributed by atoms with Crippen molar-refractivity contribution in [2.45, 2.75) is 26.1 Å². The van der Waals surface area contributed by atoms with Crippen molar-refractivity contribution in [1.82, 2.24) is 10.6 Å². The van der Waals surface area contributed by atoms with Crippen molar-refractivity contribution in [1.29, 1.82) is 0 Å². The maximum atomic E-state index is 12.1. The average molecular weight is 333 g/mol. The van der Waals surface area contributed by atoms with E-state index in [2.05, 4.69) is 28.8 Å². The van der Waals surface area contributed by atoms with E-state index in [1.165, 1.54) is 11.1 Å². The van der Waals surface area contributed by atoms with E-state index in [0.717, 1.165) is 30.0 Å². The Bertz CT molecular complexity index is 688. The molecule has 4 nitrogen and oxygen atoms in total. The predicted octanol–water partition coefficient (Wildman–Crippen LogP) is 2.58. The summed E-state index contributed by atoms with van der Waals surface area (Å²) in [4.78, 5) is 12.1. The lowest BCUT2D eigenvalue weighted by atomic mass is 10.1. The normalized spacial score (nSPS) is 12.2. The smallest absolute Gasteiger partial charge is 0.224 e. The number of halogens is 1. The molecule has 1 aliphatic heterocycles. The molecule has 0 saturated heterocycles. The summed E-state index contributed by atoms with van der Waals surface area (Å²) in [6, 6.07) is 14.0. The third-order valence-electron chi connectivity index (χ3n) is 3.89. The number of fused-ring (bicyclic) bond motifs is 1. The molecule has 0 aromatic heterocycles. The van der Waals surface area contributed by atoms with Gasteiger partial charge in [0.25, 0.3) is 0 Å². The molecule has 23 heavy (non-hydrogen) atoms. The molecule has 2 aromatic carbocycles. The summed E-state index contributed by atoms with van der Waals surface area (Å²) >= 11 is 0. The molecule has 0 spiro atoms. The molecule has 3 rings (SSSR count). The van der Waals surface area contributed by atoms with Crippen molar-refractivity contribution in [2.24, 2.45) is 0 Å². The van der Waals surface area contributed by atoms with Crippen molar-refractivity contribution in [3.05, 3.63) is 64.7 Å². The Labute approximate surface area is 142 Å². The van der Waals surface area contributed by atoms with E-state index in [9.17, 15) is 4.79 Å². The lowest BCUT2D eigenvalue weighted by Gasteiger charge is -2.08. The summed E-state index contributed by atoms with van der Waals surface area (Å²) in [5.41, 5.74) is 4.78. The van der Waals surface area contributed by atoms with E-state index in [1.54, 1.807) is 7.11 Å². The molecule has 1 aliphatic rings. The number of benzene rings is 2. The van der Waals surface area contributed by atoms with E-state index in [-0.39, 0.29) is 18.3 Å². The zero-order chi connectivity index (χ0) is 15.4. The van der Waals surface area contributed by atoms with Crippen molar-refractivity contribution >= 4 is 18.3 Å². The second kappa shape index (κ2) is 7.99. The maximum absolute atomic E-state index is 12.1. The second-order valence-electron chi connectivity index (χ2n) is 5.51. The van der Waals surface area contributed by atoms with Crippen LogP contribution < -0.4 is 15.4 Å². The zero-order valence-electron chi connectivity index (χ0n) is 13.1. The van der Waals surface area contributed by atoms with Crippen LogP contribution in [0.3, 0.4) is 0 Å². The SMILES string of the molecule is COc1cccc(CC(=O)NCc2ccc3c(c2)CNC3)c1.Cl. The lowest BCUT2D eigenvalue weighted by Crippen LogP contribution is -2.24. The first-order valence-electron chi connectivity index (χ1n) is 7.45. The van der Waals surface area contributed by atoms with Crippen LogP contribution in [0.25, 0.3) is 0 Å². The topological polar surface area (TPSA) is 50.4 Å². The van der Waals surface area contributed by atoms with Gasteiger partial charge in [-0.3, -0.25) is 4.79 Å². The zero-order valence-corrected chi connectivity index (χ0v) is 13.9. The number of amides is 1. The monoisotopic (exact) mass is 332 g/mol. The predicted molar refractivity (Wildman–Crippen MR) is 92.8 cm³/mol. The first-order valence-corrected chi connectivity index (χ1v) is 7.45. The van der Waals surface area contributed by atoms with Gasteiger partial charge < -0.3 is 15.4 Å². The van der Waals surface area contributed by atoms with Gasteiger partial charge in [0.2, 0.25) is 5.91 Å². The minimum atomic E-state index is 0. The largest absolute Gasteiger partial charge is 0.497 e. The van der Waals surface area contributed by atoms with Crippen LogP contribution in [0.2, 0.25) is 0 Å². The number of ether oxygens (including phenoxy) is 1. The van der Waals surface area contributed by atoms with Crippen molar-refractivity contribution in [3.8, 4) is 5.75 Å². The minimum absolute atomic E-state index is 0. The third kappa shape index (κ3) is 4.47. The maximum Gasteiger partial charge on any atom is 0.224 e. The van der Waals surface area contributed by atoms with E-state index < -0.39 is 0 Å². The fourth-order valence-corrected chi connectivity index (χ4v) is 2.69. The molecular weight excluding hydrogens is 312 g/mol. The van der Waals surface area contributed by atoms with Crippen LogP contribution in [0.5, 0.6) is 5.75 Å². The molecule has 1 heterocycles. The van der Waals surface area contributed by atoms with Gasteiger partial charge in [-0.05, 0) is 34.4 Å². The highest BCUT2D eigenvalue weighted by atomic mass is 35.5. The van der Waals surface area contributed by atoms with Crippen LogP contribution in [0, 0.1) is 0 Å². The van der Waals surface area contributed by atoms with Crippen molar-refractivity contribution < 1.29 is 9.53 Å². The quantitative estimate of drug-likeness (QED) is 0.885. The van der Waals surface area contributed by atoms with Gasteiger partial charge in [0.15, 0.2) is 0 Å². The first kappa shape index (κ1) is 17.3. The Kier molecular flexibility index (Phi) is 6.02. The van der Waals surface area contributed by atoms with Gasteiger partial charge in [-0.15, -0.1) is 12.4 Å². The van der Waals surface area contributed by atoms with Crippen LogP contribution in [0.1, 0.15) is 22.3 Å². The lowest BCUT2D eigenvalue weighted by molar-refractivity contribution is -0.120. The van der Waals surface area contributed by atoms with E-state index in [0.29, 0.717) is 13.0 Å². The molecule has 2 N–H and O–H groups in total. The number of carbonyl (C=O) groups excluding carboxylic acids is 1. The van der Waals surface area contributed by atoms with Crippen molar-refractivity contribution in [3.63, 3.8) is 0 Å². The van der Waals surface area contributed by atoms with Crippen LogP contribution in [-0.2, 0) is 30.8 Å². The van der Waals surface area contributed by atoms with Gasteiger partial charge in [-0.2, -0.15) is 0 Å². The van der Waals surface area contributed by atoms with Crippen LogP contribution >= 0.6 is 12.4 Å². The molecule has 0 saturated carbocycles. The molecule has 0 atom stereocenters. The van der Waals surface area contributed by atoms with Gasteiger partial charge in [-0.1, -0.05) is 30.3 Å². The molecule has 0 aliphatic carbocycles. The summed E-state index contributed by atoms with van der Waals surface area (Å²) in [5, 5.41) is 6.30. The third-order valence-corrected chi connectivity index (χ3v) is 3.89. The van der Waals surface area contributed by atoms with Crippen molar-refractivity contribution in [2.75, 3.05) is 7.11 Å². The highest BCUT2D eigenvalue weighted by Gasteiger charge is 2.10. The molecule has 2 aromatic rings. The van der Waals surface area contributed by atoms with E-state index >= 15 is 0 Å². The Morgan fingerprint density at radius 2 is 1.96 bits per heavy atom. The number of rotatable bonds is 5. The summed E-state index contributed by atoms with van der Waals surface area (Å²) in [6.45, 7) is 2.43. The Morgan fingerprint density at radius 1 is 1.13 bits per heavy atom.